The highest BCUT2D eigenvalue weighted by Crippen LogP contribution is 2.56. The van der Waals surface area contributed by atoms with E-state index in [9.17, 15) is 0 Å². The molecule has 9 rings (SSSR count). The molecule has 0 bridgehead atoms. The first kappa shape index (κ1) is 31.6. The molecule has 6 aromatic rings. The van der Waals surface area contributed by atoms with E-state index in [4.69, 9.17) is 0 Å². The van der Waals surface area contributed by atoms with Crippen molar-refractivity contribution >= 4 is 40.0 Å². The lowest BCUT2D eigenvalue weighted by Gasteiger charge is -2.37. The maximum atomic E-state index is 2.58. The molecule has 0 spiro atoms. The molecule has 1 unspecified atom stereocenters. The number of fused-ring (bicyclic) bond motifs is 6. The van der Waals surface area contributed by atoms with Crippen molar-refractivity contribution in [2.75, 3.05) is 4.90 Å². The number of hydrogen-bond acceptors (Lipinski definition) is 1. The molecule has 5 aromatic carbocycles. The van der Waals surface area contributed by atoms with Gasteiger partial charge in [0, 0.05) is 49.5 Å². The number of allylic oxidation sites excluding steroid dienone is 3. The van der Waals surface area contributed by atoms with Gasteiger partial charge in [0.2, 0.25) is 0 Å². The van der Waals surface area contributed by atoms with E-state index in [0.717, 1.165) is 6.42 Å². The highest BCUT2D eigenvalue weighted by atomic mass is 15.2. The molecular weight excluding hydrogens is 617 g/mol. The Hall–Kier alpha value is -5.34. The quantitative estimate of drug-likeness (QED) is 0.182. The van der Waals surface area contributed by atoms with Gasteiger partial charge in [-0.2, -0.15) is 0 Å². The number of hydrogen-bond donors (Lipinski definition) is 0. The molecular formula is C49H46N2. The largest absolute Gasteiger partial charge is 0.310 e. The van der Waals surface area contributed by atoms with Gasteiger partial charge in [0.15, 0.2) is 0 Å². The average molecular weight is 663 g/mol. The summed E-state index contributed by atoms with van der Waals surface area (Å²) < 4.78 is 2.44. The van der Waals surface area contributed by atoms with Crippen LogP contribution in [0.25, 0.3) is 45.4 Å². The molecule has 3 aliphatic carbocycles. The Morgan fingerprint density at radius 3 is 2.00 bits per heavy atom. The molecule has 0 aliphatic heterocycles. The zero-order valence-corrected chi connectivity index (χ0v) is 30.9. The van der Waals surface area contributed by atoms with Crippen LogP contribution in [0.3, 0.4) is 0 Å². The van der Waals surface area contributed by atoms with E-state index >= 15 is 0 Å². The first-order chi connectivity index (χ1) is 24.6. The standard InChI is InChI=1S/C49H46N2/c1-8-35-38-25-23-34(30-45(38)51(44(35)9-2)32-17-11-10-12-18-32)50(33-24-26-43-39(29-33)36-19-13-15-21-41(36)48(43,4)5)46-28-31(3)27-40-37-20-14-16-22-42(37)49(6,7)47(40)46/h8-26,28-31H,27H2,1-7H3/b35-8-,44-9+. The van der Waals surface area contributed by atoms with Gasteiger partial charge in [-0.25, -0.2) is 0 Å². The van der Waals surface area contributed by atoms with Crippen molar-refractivity contribution in [2.24, 2.45) is 5.92 Å². The summed E-state index contributed by atoms with van der Waals surface area (Å²) >= 11 is 0. The zero-order valence-electron chi connectivity index (χ0n) is 30.9. The lowest BCUT2D eigenvalue weighted by Crippen LogP contribution is -2.28. The number of benzene rings is 5. The van der Waals surface area contributed by atoms with Crippen LogP contribution in [0.1, 0.15) is 77.1 Å². The van der Waals surface area contributed by atoms with E-state index in [-0.39, 0.29) is 10.8 Å². The number of nitrogens with zero attached hydrogens (tertiary/aromatic N) is 2. The molecule has 2 heteroatoms. The van der Waals surface area contributed by atoms with Crippen molar-refractivity contribution in [3.8, 4) is 16.8 Å². The Morgan fingerprint density at radius 2 is 1.27 bits per heavy atom. The Morgan fingerprint density at radius 1 is 0.647 bits per heavy atom. The van der Waals surface area contributed by atoms with Gasteiger partial charge < -0.3 is 9.47 Å². The van der Waals surface area contributed by atoms with Crippen LogP contribution < -0.4 is 15.5 Å². The smallest absolute Gasteiger partial charge is 0.0561 e. The minimum Gasteiger partial charge on any atom is -0.310 e. The molecule has 0 radical (unpaired) electrons. The topological polar surface area (TPSA) is 8.17 Å². The Kier molecular flexibility index (Phi) is 7.03. The molecule has 3 aliphatic rings. The summed E-state index contributed by atoms with van der Waals surface area (Å²) in [5, 5.41) is 3.76. The summed E-state index contributed by atoms with van der Waals surface area (Å²) in [6, 6.07) is 43.3. The lowest BCUT2D eigenvalue weighted by atomic mass is 9.76. The predicted octanol–water partition coefficient (Wildman–Crippen LogP) is 11.3. The molecule has 0 saturated heterocycles. The first-order valence-corrected chi connectivity index (χ1v) is 18.6. The fraction of sp³-hybridized carbons (Fsp3) is 0.224. The minimum atomic E-state index is -0.134. The van der Waals surface area contributed by atoms with Crippen molar-refractivity contribution in [1.82, 2.24) is 4.57 Å². The van der Waals surface area contributed by atoms with Crippen LogP contribution in [0.5, 0.6) is 0 Å². The Balaban J connectivity index is 1.34. The van der Waals surface area contributed by atoms with Crippen LogP contribution in [-0.2, 0) is 10.8 Å². The third-order valence-corrected chi connectivity index (χ3v) is 12.0. The summed E-state index contributed by atoms with van der Waals surface area (Å²) in [5.41, 5.74) is 17.2. The fourth-order valence-corrected chi connectivity index (χ4v) is 9.72. The lowest BCUT2D eigenvalue weighted by molar-refractivity contribution is 0.627. The van der Waals surface area contributed by atoms with Crippen molar-refractivity contribution in [2.45, 2.75) is 65.7 Å². The third-order valence-electron chi connectivity index (χ3n) is 12.0. The van der Waals surface area contributed by atoms with E-state index in [1.165, 1.54) is 88.8 Å². The van der Waals surface area contributed by atoms with Crippen molar-refractivity contribution in [3.63, 3.8) is 0 Å². The predicted molar refractivity (Wildman–Crippen MR) is 217 cm³/mol. The fourth-order valence-electron chi connectivity index (χ4n) is 9.72. The van der Waals surface area contributed by atoms with E-state index in [1.54, 1.807) is 0 Å². The summed E-state index contributed by atoms with van der Waals surface area (Å²) in [6.45, 7) is 16.3. The molecule has 1 heterocycles. The highest BCUT2D eigenvalue weighted by Gasteiger charge is 2.43. The van der Waals surface area contributed by atoms with Crippen LogP contribution in [0.2, 0.25) is 0 Å². The number of anilines is 2. The second kappa shape index (κ2) is 11.3. The minimum absolute atomic E-state index is 0.0474. The van der Waals surface area contributed by atoms with Gasteiger partial charge in [0.25, 0.3) is 0 Å². The summed E-state index contributed by atoms with van der Waals surface area (Å²) in [7, 11) is 0. The molecule has 0 amide bonds. The Bertz CT molecular complexity index is 2590. The van der Waals surface area contributed by atoms with E-state index in [0.29, 0.717) is 5.92 Å². The van der Waals surface area contributed by atoms with E-state index in [2.05, 4.69) is 191 Å². The molecule has 0 saturated carbocycles. The summed E-state index contributed by atoms with van der Waals surface area (Å²) in [4.78, 5) is 2.58. The average Bonchev–Trinajstić information content (AvgIpc) is 3.68. The van der Waals surface area contributed by atoms with Crippen LogP contribution in [-0.4, -0.2) is 4.57 Å². The molecule has 51 heavy (non-hydrogen) atoms. The monoisotopic (exact) mass is 662 g/mol. The normalized spacial score (nSPS) is 18.8. The molecule has 252 valence electrons. The SMILES string of the molecule is C/C=c1\c(=C/C)n(-c2ccccc2)c2cc(N(C3=CC(C)CC4=C3C(C)(C)c3ccccc34)c3ccc4c(c3)-c3ccccc3C4(C)C)ccc12. The van der Waals surface area contributed by atoms with E-state index < -0.39 is 0 Å². The maximum absolute atomic E-state index is 2.58. The molecule has 2 nitrogen and oxygen atoms in total. The van der Waals surface area contributed by atoms with Gasteiger partial charge in [-0.15, -0.1) is 0 Å². The van der Waals surface area contributed by atoms with Gasteiger partial charge in [0.05, 0.1) is 5.52 Å². The maximum Gasteiger partial charge on any atom is 0.0561 e. The summed E-state index contributed by atoms with van der Waals surface area (Å²) in [5.74, 6) is 0.400. The zero-order chi connectivity index (χ0) is 35.2. The molecule has 0 fully saturated rings. The van der Waals surface area contributed by atoms with Crippen molar-refractivity contribution in [3.05, 3.63) is 165 Å². The van der Waals surface area contributed by atoms with Crippen LogP contribution in [0.4, 0.5) is 11.4 Å². The third kappa shape index (κ3) is 4.48. The van der Waals surface area contributed by atoms with Crippen LogP contribution in [0, 0.1) is 5.92 Å². The van der Waals surface area contributed by atoms with Crippen LogP contribution in [0.15, 0.2) is 133 Å². The van der Waals surface area contributed by atoms with Gasteiger partial charge in [-0.05, 0) is 107 Å². The van der Waals surface area contributed by atoms with Gasteiger partial charge in [-0.3, -0.25) is 0 Å². The molecule has 1 atom stereocenters. The van der Waals surface area contributed by atoms with Crippen molar-refractivity contribution < 1.29 is 0 Å². The second-order valence-corrected chi connectivity index (χ2v) is 15.7. The van der Waals surface area contributed by atoms with E-state index in [1.807, 2.05) is 0 Å². The Labute approximate surface area is 302 Å². The molecule has 0 N–H and O–H groups in total. The summed E-state index contributed by atoms with van der Waals surface area (Å²) in [6.07, 6.45) is 8.11. The highest BCUT2D eigenvalue weighted by molar-refractivity contribution is 5.93. The second-order valence-electron chi connectivity index (χ2n) is 15.7. The first-order valence-electron chi connectivity index (χ1n) is 18.6. The number of aromatic nitrogens is 1. The van der Waals surface area contributed by atoms with Gasteiger partial charge in [0.1, 0.15) is 0 Å². The number of rotatable bonds is 4. The molecule has 1 aromatic heterocycles. The van der Waals surface area contributed by atoms with Crippen molar-refractivity contribution in [1.29, 1.82) is 0 Å². The number of para-hydroxylation sites is 1. The van der Waals surface area contributed by atoms with Gasteiger partial charge >= 0.3 is 0 Å². The van der Waals surface area contributed by atoms with Crippen LogP contribution >= 0.6 is 0 Å². The van der Waals surface area contributed by atoms with Gasteiger partial charge in [-0.1, -0.05) is 132 Å².